The molecule has 0 aliphatic carbocycles. The van der Waals surface area contributed by atoms with E-state index in [0.717, 1.165) is 11.4 Å². The summed E-state index contributed by atoms with van der Waals surface area (Å²) in [5, 5.41) is 7.28. The molecular formula is C17H15Cl2N5. The Hall–Kier alpha value is -2.37. The molecule has 3 aromatic rings. The average Bonchev–Trinajstić information content (AvgIpc) is 2.58. The Bertz CT molecular complexity index is 840. The highest BCUT2D eigenvalue weighted by molar-refractivity contribution is 6.43. The number of pyridine rings is 1. The summed E-state index contributed by atoms with van der Waals surface area (Å²) >= 11 is 12.2. The van der Waals surface area contributed by atoms with E-state index in [0.29, 0.717) is 34.0 Å². The van der Waals surface area contributed by atoms with Gasteiger partial charge in [0.25, 0.3) is 0 Å². The Labute approximate surface area is 150 Å². The second-order valence-corrected chi connectivity index (χ2v) is 5.90. The van der Waals surface area contributed by atoms with Crippen molar-refractivity contribution in [2.24, 2.45) is 0 Å². The minimum absolute atomic E-state index is 0.457. The van der Waals surface area contributed by atoms with Crippen molar-refractivity contribution in [1.82, 2.24) is 15.0 Å². The average molecular weight is 360 g/mol. The standard InChI is InChI=1S/C17H15Cl2N5/c1-11-9-15(23-14-7-4-6-13(18)16(14)19)24-17(22-11)21-10-12-5-2-3-8-20-12/h2-9H,10H2,1H3,(H2,21,22,23,24). The molecule has 0 aliphatic heterocycles. The molecule has 0 radical (unpaired) electrons. The summed E-state index contributed by atoms with van der Waals surface area (Å²) in [6.07, 6.45) is 1.75. The van der Waals surface area contributed by atoms with Crippen LogP contribution in [-0.2, 0) is 6.54 Å². The largest absolute Gasteiger partial charge is 0.349 e. The summed E-state index contributed by atoms with van der Waals surface area (Å²) in [5.74, 6) is 1.15. The Morgan fingerprint density at radius 1 is 1.04 bits per heavy atom. The van der Waals surface area contributed by atoms with Crippen molar-refractivity contribution in [2.75, 3.05) is 10.6 Å². The van der Waals surface area contributed by atoms with Gasteiger partial charge in [0.05, 0.1) is 28.0 Å². The number of rotatable bonds is 5. The predicted octanol–water partition coefficient (Wildman–Crippen LogP) is 4.84. The third-order valence-corrected chi connectivity index (χ3v) is 4.04. The van der Waals surface area contributed by atoms with Crippen LogP contribution in [0, 0.1) is 6.92 Å². The molecule has 0 fully saturated rings. The zero-order valence-corrected chi connectivity index (χ0v) is 14.4. The van der Waals surface area contributed by atoms with Crippen molar-refractivity contribution in [3.8, 4) is 0 Å². The van der Waals surface area contributed by atoms with Gasteiger partial charge in [0.1, 0.15) is 5.82 Å². The van der Waals surface area contributed by atoms with Crippen LogP contribution in [0.25, 0.3) is 0 Å². The van der Waals surface area contributed by atoms with Crippen LogP contribution >= 0.6 is 23.2 Å². The quantitative estimate of drug-likeness (QED) is 0.682. The maximum absolute atomic E-state index is 6.20. The molecule has 0 unspecified atom stereocenters. The zero-order chi connectivity index (χ0) is 16.9. The topological polar surface area (TPSA) is 62.7 Å². The van der Waals surface area contributed by atoms with Crippen molar-refractivity contribution in [3.05, 3.63) is 70.1 Å². The Morgan fingerprint density at radius 3 is 2.71 bits per heavy atom. The van der Waals surface area contributed by atoms with E-state index in [9.17, 15) is 0 Å². The van der Waals surface area contributed by atoms with Gasteiger partial charge in [-0.3, -0.25) is 4.98 Å². The van der Waals surface area contributed by atoms with Crippen molar-refractivity contribution < 1.29 is 0 Å². The number of hydrogen-bond donors (Lipinski definition) is 2. The number of aromatic nitrogens is 3. The lowest BCUT2D eigenvalue weighted by Gasteiger charge is -2.11. The van der Waals surface area contributed by atoms with Gasteiger partial charge in [-0.05, 0) is 31.2 Å². The highest BCUT2D eigenvalue weighted by atomic mass is 35.5. The zero-order valence-electron chi connectivity index (χ0n) is 12.9. The lowest BCUT2D eigenvalue weighted by Crippen LogP contribution is -2.07. The molecule has 3 rings (SSSR count). The van der Waals surface area contributed by atoms with E-state index in [2.05, 4.69) is 25.6 Å². The number of benzene rings is 1. The summed E-state index contributed by atoms with van der Waals surface area (Å²) in [5.41, 5.74) is 2.43. The molecule has 0 saturated heterocycles. The molecule has 2 heterocycles. The third kappa shape index (κ3) is 4.13. The lowest BCUT2D eigenvalue weighted by molar-refractivity contribution is 0.991. The first-order chi connectivity index (χ1) is 11.6. The fourth-order valence-corrected chi connectivity index (χ4v) is 2.47. The van der Waals surface area contributed by atoms with Crippen LogP contribution in [0.2, 0.25) is 10.0 Å². The minimum atomic E-state index is 0.457. The van der Waals surface area contributed by atoms with Crippen molar-refractivity contribution in [3.63, 3.8) is 0 Å². The minimum Gasteiger partial charge on any atom is -0.349 e. The van der Waals surface area contributed by atoms with Crippen molar-refractivity contribution in [1.29, 1.82) is 0 Å². The van der Waals surface area contributed by atoms with Gasteiger partial charge in [-0.15, -0.1) is 0 Å². The number of nitrogens with zero attached hydrogens (tertiary/aromatic N) is 3. The number of aryl methyl sites for hydroxylation is 1. The van der Waals surface area contributed by atoms with E-state index < -0.39 is 0 Å². The fourth-order valence-electron chi connectivity index (χ4n) is 2.12. The van der Waals surface area contributed by atoms with E-state index in [4.69, 9.17) is 23.2 Å². The molecule has 0 saturated carbocycles. The molecule has 7 heteroatoms. The van der Waals surface area contributed by atoms with Gasteiger partial charge in [0.15, 0.2) is 0 Å². The van der Waals surface area contributed by atoms with E-state index in [1.807, 2.05) is 43.3 Å². The number of anilines is 3. The predicted molar refractivity (Wildman–Crippen MR) is 98.1 cm³/mol. The van der Waals surface area contributed by atoms with Crippen LogP contribution in [0.3, 0.4) is 0 Å². The van der Waals surface area contributed by atoms with E-state index in [1.165, 1.54) is 0 Å². The molecule has 0 bridgehead atoms. The molecule has 0 atom stereocenters. The highest BCUT2D eigenvalue weighted by Crippen LogP contribution is 2.31. The van der Waals surface area contributed by atoms with Gasteiger partial charge in [-0.1, -0.05) is 35.3 Å². The van der Waals surface area contributed by atoms with Crippen LogP contribution in [0.5, 0.6) is 0 Å². The molecule has 2 aromatic heterocycles. The number of nitrogens with one attached hydrogen (secondary N) is 2. The van der Waals surface area contributed by atoms with E-state index in [1.54, 1.807) is 12.3 Å². The molecule has 0 amide bonds. The Kier molecular flexibility index (Phi) is 5.13. The highest BCUT2D eigenvalue weighted by Gasteiger charge is 2.07. The normalized spacial score (nSPS) is 10.5. The second-order valence-electron chi connectivity index (χ2n) is 5.12. The third-order valence-electron chi connectivity index (χ3n) is 3.22. The maximum Gasteiger partial charge on any atom is 0.225 e. The first-order valence-electron chi connectivity index (χ1n) is 7.32. The number of halogens is 2. The van der Waals surface area contributed by atoms with Crippen molar-refractivity contribution >= 4 is 40.7 Å². The first kappa shape index (κ1) is 16.5. The summed E-state index contributed by atoms with van der Waals surface area (Å²) in [6.45, 7) is 2.44. The summed E-state index contributed by atoms with van der Waals surface area (Å²) in [6, 6.07) is 13.0. The van der Waals surface area contributed by atoms with Gasteiger partial charge < -0.3 is 10.6 Å². The van der Waals surface area contributed by atoms with Crippen LogP contribution in [-0.4, -0.2) is 15.0 Å². The maximum atomic E-state index is 6.20. The van der Waals surface area contributed by atoms with Gasteiger partial charge in [-0.25, -0.2) is 4.98 Å². The summed E-state index contributed by atoms with van der Waals surface area (Å²) in [4.78, 5) is 13.1. The fraction of sp³-hybridized carbons (Fsp3) is 0.118. The van der Waals surface area contributed by atoms with E-state index in [-0.39, 0.29) is 0 Å². The monoisotopic (exact) mass is 359 g/mol. The van der Waals surface area contributed by atoms with Gasteiger partial charge in [0, 0.05) is 18.0 Å². The molecule has 1 aromatic carbocycles. The summed E-state index contributed by atoms with van der Waals surface area (Å²) in [7, 11) is 0. The second kappa shape index (κ2) is 7.47. The van der Waals surface area contributed by atoms with Crippen LogP contribution in [0.1, 0.15) is 11.4 Å². The Balaban J connectivity index is 1.77. The Morgan fingerprint density at radius 2 is 1.92 bits per heavy atom. The molecule has 0 aliphatic rings. The van der Waals surface area contributed by atoms with Crippen molar-refractivity contribution in [2.45, 2.75) is 13.5 Å². The molecule has 24 heavy (non-hydrogen) atoms. The molecule has 2 N–H and O–H groups in total. The van der Waals surface area contributed by atoms with Gasteiger partial charge >= 0.3 is 0 Å². The molecular weight excluding hydrogens is 345 g/mol. The van der Waals surface area contributed by atoms with Gasteiger partial charge in [0.2, 0.25) is 5.95 Å². The van der Waals surface area contributed by atoms with Gasteiger partial charge in [-0.2, -0.15) is 4.98 Å². The smallest absolute Gasteiger partial charge is 0.225 e. The van der Waals surface area contributed by atoms with Crippen LogP contribution < -0.4 is 10.6 Å². The molecule has 122 valence electrons. The molecule has 5 nitrogen and oxygen atoms in total. The SMILES string of the molecule is Cc1cc(Nc2cccc(Cl)c2Cl)nc(NCc2ccccn2)n1. The number of hydrogen-bond acceptors (Lipinski definition) is 5. The van der Waals surface area contributed by atoms with Crippen LogP contribution in [0.4, 0.5) is 17.5 Å². The van der Waals surface area contributed by atoms with E-state index >= 15 is 0 Å². The first-order valence-corrected chi connectivity index (χ1v) is 8.08. The summed E-state index contributed by atoms with van der Waals surface area (Å²) < 4.78 is 0. The lowest BCUT2D eigenvalue weighted by atomic mass is 10.3. The molecule has 0 spiro atoms. The van der Waals surface area contributed by atoms with Crippen LogP contribution in [0.15, 0.2) is 48.7 Å².